The van der Waals surface area contributed by atoms with E-state index in [1.807, 2.05) is 34.6 Å². The number of phenolic OH excluding ortho intramolecular Hbond substituents is 1. The summed E-state index contributed by atoms with van der Waals surface area (Å²) in [6.45, 7) is 20.5. The molecule has 3 aromatic carbocycles. The third-order valence-corrected chi connectivity index (χ3v) is 14.3. The van der Waals surface area contributed by atoms with Gasteiger partial charge >= 0.3 is 11.8 Å². The average molecular weight is 929 g/mol. The van der Waals surface area contributed by atoms with Crippen LogP contribution < -0.4 is 30.9 Å². The first-order valence-electron chi connectivity index (χ1n) is 22.8. The minimum atomic E-state index is -1.95. The number of rotatable bonds is 7. The van der Waals surface area contributed by atoms with Crippen molar-refractivity contribution < 1.29 is 57.5 Å². The summed E-state index contributed by atoms with van der Waals surface area (Å²) in [5.74, 6) is -5.52. The van der Waals surface area contributed by atoms with Crippen LogP contribution in [0.1, 0.15) is 74.8 Å². The number of aliphatic hydroxyl groups is 2. The minimum Gasteiger partial charge on any atom is -0.507 e. The van der Waals surface area contributed by atoms with Crippen molar-refractivity contribution in [2.24, 2.45) is 29.6 Å². The van der Waals surface area contributed by atoms with Gasteiger partial charge in [-0.3, -0.25) is 19.2 Å². The lowest BCUT2D eigenvalue weighted by Crippen LogP contribution is -2.48. The Bertz CT molecular complexity index is 2860. The predicted octanol–water partition coefficient (Wildman–Crippen LogP) is 6.70. The van der Waals surface area contributed by atoms with Crippen LogP contribution in [0.2, 0.25) is 0 Å². The lowest BCUT2D eigenvalue weighted by molar-refractivity contribution is -0.911. The number of likely N-dealkylation sites (N-methyl/N-ethyl adjacent to an activating group) is 1. The Balaban J connectivity index is 1.61. The number of allylic oxidation sites excluding steroid dienone is 2. The van der Waals surface area contributed by atoms with Crippen LogP contribution in [0.3, 0.4) is 0 Å². The fourth-order valence-corrected chi connectivity index (χ4v) is 8.82. The molecule has 1 amide bonds. The molecule has 0 fully saturated rings. The fraction of sp³-hybridized carbons (Fsp3) is 0.510. The maximum Gasteiger partial charge on any atom is 0.307 e. The lowest BCUT2D eigenvalue weighted by atomic mass is 9.73. The van der Waals surface area contributed by atoms with Gasteiger partial charge in [-0.15, -0.1) is 0 Å². The molecule has 2 aliphatic rings. The van der Waals surface area contributed by atoms with Gasteiger partial charge in [0.1, 0.15) is 47.7 Å². The molecule has 16 nitrogen and oxygen atoms in total. The number of quaternary nitrogens is 1. The fourth-order valence-electron chi connectivity index (χ4n) is 8.82. The third kappa shape index (κ3) is 9.61. The van der Waals surface area contributed by atoms with Crippen LogP contribution >= 0.6 is 0 Å². The molecule has 6 rings (SSSR count). The number of carbonyl (C=O) groups is 2. The second-order valence-corrected chi connectivity index (χ2v) is 19.3. The van der Waals surface area contributed by atoms with Gasteiger partial charge in [0.15, 0.2) is 22.4 Å². The van der Waals surface area contributed by atoms with E-state index in [0.29, 0.717) is 17.1 Å². The van der Waals surface area contributed by atoms with Gasteiger partial charge in [0.25, 0.3) is 5.91 Å². The Morgan fingerprint density at radius 2 is 1.66 bits per heavy atom. The van der Waals surface area contributed by atoms with Gasteiger partial charge in [0, 0.05) is 61.4 Å². The first-order chi connectivity index (χ1) is 31.3. The van der Waals surface area contributed by atoms with Crippen LogP contribution in [0, 0.1) is 36.5 Å². The first kappa shape index (κ1) is 50.4. The van der Waals surface area contributed by atoms with E-state index < -0.39 is 64.3 Å². The van der Waals surface area contributed by atoms with E-state index in [9.17, 15) is 34.5 Å². The summed E-state index contributed by atoms with van der Waals surface area (Å²) in [6, 6.07) is 3.07. The smallest absolute Gasteiger partial charge is 0.307 e. The number of hydrogen-bond donors (Lipinski definition) is 4. The normalized spacial score (nSPS) is 28.3. The second-order valence-electron chi connectivity index (χ2n) is 19.3. The van der Waals surface area contributed by atoms with Gasteiger partial charge in [0.05, 0.1) is 49.2 Å². The highest BCUT2D eigenvalue weighted by Crippen LogP contribution is 2.42. The van der Waals surface area contributed by atoms with Crippen molar-refractivity contribution in [2.75, 3.05) is 39.7 Å². The molecule has 0 aliphatic carbocycles. The molecule has 9 atom stereocenters. The SMILES string of the molecule is CO[C@H]1/C=C/O[C@@]2(C)Oc3c(C)c(O)c4c(=O)c(c5oc6cc(OCC[N+](C)(C)C(C)C)cc(=O)c6nc5c4c3=C2O)NC(=O)/C(C)=C\C=C\[C@H](C)[C@H](O)[C@@H](C)[C@@H](C)[C@@H](C)[C@H](OC(C)=O)[C@@H]1C. The number of aromatic hydroxyl groups is 1. The number of nitrogens with one attached hydrogen (secondary N) is 1. The van der Waals surface area contributed by atoms with Gasteiger partial charge in [-0.05, 0) is 51.5 Å². The monoisotopic (exact) mass is 928 g/mol. The zero-order valence-corrected chi connectivity index (χ0v) is 41.0. The van der Waals surface area contributed by atoms with E-state index in [0.717, 1.165) is 0 Å². The number of carbonyl (C=O) groups excluding carboxylic acids is 2. The van der Waals surface area contributed by atoms with E-state index >= 15 is 0 Å². The summed E-state index contributed by atoms with van der Waals surface area (Å²) >= 11 is 0. The molecule has 362 valence electrons. The minimum absolute atomic E-state index is 0.0392. The Morgan fingerprint density at radius 1 is 0.970 bits per heavy atom. The average Bonchev–Trinajstić information content (AvgIpc) is 3.53. The molecule has 67 heavy (non-hydrogen) atoms. The van der Waals surface area contributed by atoms with Crippen molar-refractivity contribution in [1.29, 1.82) is 0 Å². The van der Waals surface area contributed by atoms with Crippen molar-refractivity contribution in [3.05, 3.63) is 79.5 Å². The van der Waals surface area contributed by atoms with Crippen molar-refractivity contribution in [2.45, 2.75) is 106 Å². The van der Waals surface area contributed by atoms with Crippen LogP contribution in [0.15, 0.2) is 62.3 Å². The van der Waals surface area contributed by atoms with E-state index in [1.165, 1.54) is 52.4 Å². The molecule has 3 heterocycles. The number of aliphatic hydroxyl groups excluding tert-OH is 2. The number of anilines is 1. The molecular weight excluding hydrogens is 863 g/mol. The van der Waals surface area contributed by atoms with Gasteiger partial charge < -0.3 is 53.2 Å². The molecule has 0 spiro atoms. The van der Waals surface area contributed by atoms with E-state index in [4.69, 9.17) is 33.1 Å². The Kier molecular flexibility index (Phi) is 14.6. The molecule has 1 aromatic heterocycles. The molecule has 16 heteroatoms. The highest BCUT2D eigenvalue weighted by molar-refractivity contribution is 6.16. The highest BCUT2D eigenvalue weighted by Gasteiger charge is 2.44. The lowest BCUT2D eigenvalue weighted by Gasteiger charge is -2.39. The molecule has 2 aliphatic heterocycles. The number of ether oxygens (including phenoxy) is 5. The highest BCUT2D eigenvalue weighted by atomic mass is 16.7. The standard InChI is InChI=1S/C51H65N3O13/c1-24(2)54(12,13)19-21-63-33-22-34(56)40-36(23-33)66-48-41(52-40)37-38-44(58)31(9)47-39(37)49(60)51(11,67-47)64-20-18-35(62-14)30(8)46(65-32(10)55)29(7)27(5)28(6)43(57)25(3)16-15-17-26(4)50(61)53-42(48)45(38)59/h15-18,20,22-25,27-30,35,43,46,57H,19,21H2,1-14H3,(H2-,52,53,56,58,59,60,61)/p+1/b16-15+,20-18+,26-17-/t25-,27+,28-,29+,30+,35-,43-,46-,51-/m0/s1. The van der Waals surface area contributed by atoms with Crippen molar-refractivity contribution >= 4 is 56.3 Å². The van der Waals surface area contributed by atoms with E-state index in [2.05, 4.69) is 33.3 Å². The maximum atomic E-state index is 14.8. The summed E-state index contributed by atoms with van der Waals surface area (Å²) < 4.78 is 37.4. The van der Waals surface area contributed by atoms with Gasteiger partial charge in [-0.2, -0.15) is 0 Å². The molecule has 0 unspecified atom stereocenters. The molecule has 4 aromatic rings. The van der Waals surface area contributed by atoms with E-state index in [-0.39, 0.29) is 96.8 Å². The molecule has 4 bridgehead atoms. The van der Waals surface area contributed by atoms with Crippen LogP contribution in [-0.4, -0.2) is 101 Å². The van der Waals surface area contributed by atoms with Crippen molar-refractivity contribution in [3.8, 4) is 17.2 Å². The summed E-state index contributed by atoms with van der Waals surface area (Å²) in [6.07, 6.45) is 5.64. The summed E-state index contributed by atoms with van der Waals surface area (Å²) in [5.41, 5.74) is -2.21. The van der Waals surface area contributed by atoms with Crippen molar-refractivity contribution in [1.82, 2.24) is 4.98 Å². The zero-order chi connectivity index (χ0) is 49.6. The number of amides is 1. The molecule has 0 saturated heterocycles. The topological polar surface area (TPSA) is 213 Å². The van der Waals surface area contributed by atoms with Crippen LogP contribution in [0.5, 0.6) is 17.2 Å². The van der Waals surface area contributed by atoms with Crippen LogP contribution in [-0.2, 0) is 23.8 Å². The number of nitrogens with zero attached hydrogens (tertiary/aromatic N) is 2. The van der Waals surface area contributed by atoms with E-state index in [1.54, 1.807) is 25.2 Å². The first-order valence-corrected chi connectivity index (χ1v) is 22.8. The third-order valence-electron chi connectivity index (χ3n) is 14.3. The van der Waals surface area contributed by atoms with Crippen molar-refractivity contribution in [3.63, 3.8) is 0 Å². The number of methoxy groups -OCH3 is 1. The zero-order valence-electron chi connectivity index (χ0n) is 41.0. The maximum absolute atomic E-state index is 14.8. The molecular formula is C51H66N3O13+. The molecule has 4 N–H and O–H groups in total. The number of hydrogen-bond acceptors (Lipinski definition) is 14. The molecule has 0 saturated carbocycles. The largest absolute Gasteiger partial charge is 0.507 e. The second kappa shape index (κ2) is 19.3. The van der Waals surface area contributed by atoms with Gasteiger partial charge in [-0.25, -0.2) is 4.98 Å². The number of benzene rings is 3. The predicted molar refractivity (Wildman–Crippen MR) is 256 cm³/mol. The summed E-state index contributed by atoms with van der Waals surface area (Å²) in [7, 11) is 5.65. The Hall–Kier alpha value is -5.97. The number of esters is 1. The van der Waals surface area contributed by atoms with Gasteiger partial charge in [-0.1, -0.05) is 52.8 Å². The Labute approximate surface area is 390 Å². The Morgan fingerprint density at radius 3 is 2.30 bits per heavy atom. The van der Waals surface area contributed by atoms with Crippen LogP contribution in [0.25, 0.3) is 38.7 Å². The van der Waals surface area contributed by atoms with Crippen LogP contribution in [0.4, 0.5) is 5.69 Å². The number of aromatic nitrogens is 1. The number of phenols is 1. The summed E-state index contributed by atoms with van der Waals surface area (Å²) in [5, 5.41) is 37.8. The quantitative estimate of drug-likeness (QED) is 0.0658. The number of fused-ring (bicyclic) bond motifs is 2. The molecule has 0 radical (unpaired) electrons. The summed E-state index contributed by atoms with van der Waals surface area (Å²) in [4.78, 5) is 59.9. The van der Waals surface area contributed by atoms with Gasteiger partial charge in [0.2, 0.25) is 10.9 Å².